The highest BCUT2D eigenvalue weighted by Crippen LogP contribution is 2.29. The summed E-state index contributed by atoms with van der Waals surface area (Å²) in [6.07, 6.45) is -4.82. The molecule has 3 aromatic rings. The first-order valence-corrected chi connectivity index (χ1v) is 12.4. The van der Waals surface area contributed by atoms with E-state index in [-0.39, 0.29) is 11.3 Å². The Balaban J connectivity index is 1.51. The Morgan fingerprint density at radius 1 is 1.05 bits per heavy atom. The van der Waals surface area contributed by atoms with E-state index in [1.165, 1.54) is 6.08 Å². The zero-order valence-electron chi connectivity index (χ0n) is 21.1. The molecule has 1 unspecified atom stereocenters. The number of hydrogen-bond acceptors (Lipinski definition) is 9. The van der Waals surface area contributed by atoms with E-state index in [2.05, 4.69) is 42.3 Å². The number of fused-ring (bicyclic) bond motifs is 1. The zero-order chi connectivity index (χ0) is 27.4. The maximum absolute atomic E-state index is 12.7. The van der Waals surface area contributed by atoms with Gasteiger partial charge in [0.2, 0.25) is 0 Å². The monoisotopic (exact) mass is 521 g/mol. The number of carbonyl (C=O) groups excluding carboxylic acids is 1. The fourth-order valence-electron chi connectivity index (χ4n) is 4.53. The number of anilines is 1. The van der Waals surface area contributed by atoms with Crippen LogP contribution in [0.3, 0.4) is 0 Å². The van der Waals surface area contributed by atoms with Crippen molar-refractivity contribution in [3.63, 3.8) is 0 Å². The largest absolute Gasteiger partial charge is 0.457 e. The third-order valence-corrected chi connectivity index (χ3v) is 6.71. The summed E-state index contributed by atoms with van der Waals surface area (Å²) in [5.74, 6) is -0.0973. The van der Waals surface area contributed by atoms with Gasteiger partial charge in [-0.1, -0.05) is 18.2 Å². The minimum atomic E-state index is -1.69. The number of nitrogens with one attached hydrogen (secondary N) is 1. The van der Waals surface area contributed by atoms with Crippen LogP contribution >= 0.6 is 0 Å². The van der Waals surface area contributed by atoms with Crippen molar-refractivity contribution in [2.45, 2.75) is 44.5 Å². The highest BCUT2D eigenvalue weighted by atomic mass is 16.6. The molecule has 1 aliphatic heterocycles. The van der Waals surface area contributed by atoms with E-state index in [9.17, 15) is 30.5 Å². The Labute approximate surface area is 220 Å². The van der Waals surface area contributed by atoms with Gasteiger partial charge in [-0.15, -0.1) is 0 Å². The number of ether oxygens (including phenoxy) is 1. The van der Waals surface area contributed by atoms with E-state index >= 15 is 0 Å². The van der Waals surface area contributed by atoms with Crippen LogP contribution in [0.2, 0.25) is 0 Å². The number of aliphatic hydroxyl groups is 4. The van der Waals surface area contributed by atoms with Gasteiger partial charge in [0.05, 0.1) is 6.61 Å². The number of nitriles is 1. The molecule has 0 bridgehead atoms. The van der Waals surface area contributed by atoms with Gasteiger partial charge in [-0.25, -0.2) is 0 Å². The fraction of sp³-hybridized carbons (Fsp3) is 0.357. The van der Waals surface area contributed by atoms with E-state index in [0.29, 0.717) is 5.76 Å². The topological polar surface area (TPSA) is 159 Å². The maximum Gasteiger partial charge on any atom is 0.262 e. The van der Waals surface area contributed by atoms with Crippen molar-refractivity contribution in [2.75, 3.05) is 24.6 Å². The summed E-state index contributed by atoms with van der Waals surface area (Å²) in [5.41, 5.74) is 1.64. The maximum atomic E-state index is 12.7. The molecule has 1 saturated heterocycles. The number of rotatable bonds is 8. The lowest BCUT2D eigenvalue weighted by Gasteiger charge is -2.40. The Kier molecular flexibility index (Phi) is 8.46. The number of aliphatic hydroxyl groups excluding tert-OH is 4. The number of amides is 1. The first kappa shape index (κ1) is 27.3. The predicted octanol–water partition coefficient (Wildman–Crippen LogP) is 1.77. The average molecular weight is 522 g/mol. The summed E-state index contributed by atoms with van der Waals surface area (Å²) in [4.78, 5) is 15.0. The van der Waals surface area contributed by atoms with Gasteiger partial charge in [-0.2, -0.15) is 5.26 Å². The molecule has 5 atom stereocenters. The lowest BCUT2D eigenvalue weighted by atomic mass is 9.97. The van der Waals surface area contributed by atoms with E-state index in [0.717, 1.165) is 35.1 Å². The molecule has 5 N–H and O–H groups in total. The van der Waals surface area contributed by atoms with Crippen molar-refractivity contribution in [3.05, 3.63) is 59.9 Å². The fourth-order valence-corrected chi connectivity index (χ4v) is 4.53. The number of benzene rings is 2. The van der Waals surface area contributed by atoms with Gasteiger partial charge in [0.15, 0.2) is 6.29 Å². The van der Waals surface area contributed by atoms with Crippen molar-refractivity contribution < 1.29 is 34.4 Å². The zero-order valence-corrected chi connectivity index (χ0v) is 21.1. The van der Waals surface area contributed by atoms with Gasteiger partial charge >= 0.3 is 0 Å². The van der Waals surface area contributed by atoms with Crippen molar-refractivity contribution in [1.82, 2.24) is 5.32 Å². The molecule has 1 fully saturated rings. The normalized spacial score (nSPS) is 23.7. The molecule has 4 rings (SSSR count). The van der Waals surface area contributed by atoms with Crippen LogP contribution in [-0.4, -0.2) is 76.7 Å². The molecule has 1 amide bonds. The van der Waals surface area contributed by atoms with Crippen LogP contribution in [0.4, 0.5) is 5.69 Å². The second-order valence-corrected chi connectivity index (χ2v) is 9.02. The molecule has 200 valence electrons. The van der Waals surface area contributed by atoms with Crippen LogP contribution in [0.15, 0.2) is 58.5 Å². The number of furan rings is 1. The molecule has 0 saturated carbocycles. The molecule has 10 heteroatoms. The molecule has 0 spiro atoms. The highest BCUT2D eigenvalue weighted by Gasteiger charge is 2.44. The first-order chi connectivity index (χ1) is 18.3. The van der Waals surface area contributed by atoms with Crippen LogP contribution < -0.4 is 10.2 Å². The van der Waals surface area contributed by atoms with Crippen LogP contribution in [0.1, 0.15) is 19.6 Å². The van der Waals surface area contributed by atoms with Crippen molar-refractivity contribution in [3.8, 4) is 17.4 Å². The third-order valence-electron chi connectivity index (χ3n) is 6.71. The van der Waals surface area contributed by atoms with E-state index in [1.54, 1.807) is 18.2 Å². The van der Waals surface area contributed by atoms with Crippen LogP contribution in [0.25, 0.3) is 28.2 Å². The number of hydrogen-bond donors (Lipinski definition) is 5. The molecule has 2 heterocycles. The summed E-state index contributed by atoms with van der Waals surface area (Å²) >= 11 is 0. The molecular weight excluding hydrogens is 490 g/mol. The summed E-state index contributed by atoms with van der Waals surface area (Å²) in [7, 11) is 0. The minimum absolute atomic E-state index is 0.255. The van der Waals surface area contributed by atoms with Gasteiger partial charge in [-0.05, 0) is 55.0 Å². The van der Waals surface area contributed by atoms with Gasteiger partial charge in [0, 0.05) is 30.4 Å². The van der Waals surface area contributed by atoms with Crippen LogP contribution in [-0.2, 0) is 9.53 Å². The molecule has 10 nitrogen and oxygen atoms in total. The molecule has 1 aromatic heterocycles. The molecule has 38 heavy (non-hydrogen) atoms. The average Bonchev–Trinajstić information content (AvgIpc) is 3.40. The number of carbonyl (C=O) groups is 1. The Bertz CT molecular complexity index is 1360. The van der Waals surface area contributed by atoms with E-state index in [1.807, 2.05) is 18.2 Å². The first-order valence-electron chi connectivity index (χ1n) is 12.4. The molecule has 1 aliphatic rings. The van der Waals surface area contributed by atoms with Crippen molar-refractivity contribution in [2.24, 2.45) is 0 Å². The summed E-state index contributed by atoms with van der Waals surface area (Å²) in [6.45, 7) is 5.46. The second-order valence-electron chi connectivity index (χ2n) is 9.02. The second kappa shape index (κ2) is 11.8. The summed E-state index contributed by atoms with van der Waals surface area (Å²) < 4.78 is 10.9. The summed E-state index contributed by atoms with van der Waals surface area (Å²) in [6, 6.07) is 16.0. The predicted molar refractivity (Wildman–Crippen MR) is 141 cm³/mol. The van der Waals surface area contributed by atoms with Gasteiger partial charge in [0.25, 0.3) is 5.91 Å². The third kappa shape index (κ3) is 5.57. The van der Waals surface area contributed by atoms with E-state index < -0.39 is 43.2 Å². The standard InChI is InChI=1S/C28H31N3O7/c1-3-31(4-2)20-8-7-16-11-18(6-5-17(16)12-20)22-10-9-21(37-22)13-19(14-29)27(35)30-24-26(34)25(33)23(15-32)38-28(24)36/h5-13,23-26,28,32-34,36H,3-4,15H2,1-2H3,(H,30,35)/b19-13+/t23-,24-,25-,26-,28?/m1/s1. The van der Waals surface area contributed by atoms with Gasteiger partial charge < -0.3 is 39.8 Å². The van der Waals surface area contributed by atoms with Crippen LogP contribution in [0, 0.1) is 11.3 Å². The lowest BCUT2D eigenvalue weighted by Crippen LogP contribution is -2.64. The Morgan fingerprint density at radius 3 is 2.45 bits per heavy atom. The quantitative estimate of drug-likeness (QED) is 0.220. The smallest absolute Gasteiger partial charge is 0.262 e. The SMILES string of the molecule is CCN(CC)c1ccc2cc(-c3ccc(/C=C(\C#N)C(=O)N[C@H]4C(O)O[C@H](CO)[C@@H](O)[C@@H]4O)o3)ccc2c1. The molecule has 0 aliphatic carbocycles. The van der Waals surface area contributed by atoms with E-state index in [4.69, 9.17) is 9.15 Å². The van der Waals surface area contributed by atoms with Crippen LogP contribution in [0.5, 0.6) is 0 Å². The molecular formula is C28H31N3O7. The van der Waals surface area contributed by atoms with Crippen molar-refractivity contribution >= 4 is 28.4 Å². The summed E-state index contributed by atoms with van der Waals surface area (Å²) in [5, 5.41) is 53.5. The molecule has 2 aromatic carbocycles. The van der Waals surface area contributed by atoms with Gasteiger partial charge in [0.1, 0.15) is 47.5 Å². The Morgan fingerprint density at radius 2 is 1.76 bits per heavy atom. The molecule has 0 radical (unpaired) electrons. The minimum Gasteiger partial charge on any atom is -0.457 e. The van der Waals surface area contributed by atoms with Gasteiger partial charge in [-0.3, -0.25) is 4.79 Å². The Hall–Kier alpha value is -3.72. The lowest BCUT2D eigenvalue weighted by molar-refractivity contribution is -0.253. The number of nitrogens with zero attached hydrogens (tertiary/aromatic N) is 2. The van der Waals surface area contributed by atoms with Crippen molar-refractivity contribution in [1.29, 1.82) is 5.26 Å². The highest BCUT2D eigenvalue weighted by molar-refractivity contribution is 6.01.